The first kappa shape index (κ1) is 26.5. The van der Waals surface area contributed by atoms with Crippen LogP contribution in [0.15, 0.2) is 59.6 Å². The summed E-state index contributed by atoms with van der Waals surface area (Å²) in [5, 5.41) is 34.1. The van der Waals surface area contributed by atoms with Gasteiger partial charge in [0.05, 0.1) is 45.1 Å². The molecule has 12 heteroatoms. The summed E-state index contributed by atoms with van der Waals surface area (Å²) in [6.07, 6.45) is 5.47. The molecule has 2 aromatic carbocycles. The molecule has 40 heavy (non-hydrogen) atoms. The first-order valence-corrected chi connectivity index (χ1v) is 14.4. The van der Waals surface area contributed by atoms with Gasteiger partial charge in [-0.05, 0) is 78.7 Å². The van der Waals surface area contributed by atoms with Crippen LogP contribution in [0.4, 0.5) is 21.5 Å². The fourth-order valence-corrected chi connectivity index (χ4v) is 6.02. The van der Waals surface area contributed by atoms with Crippen LogP contribution in [-0.2, 0) is 0 Å². The molecule has 1 aliphatic heterocycles. The van der Waals surface area contributed by atoms with Gasteiger partial charge in [-0.2, -0.15) is 16.6 Å². The Labute approximate surface area is 243 Å². The average molecular weight is 594 g/mol. The summed E-state index contributed by atoms with van der Waals surface area (Å²) < 4.78 is 15.7. The third-order valence-corrected chi connectivity index (χ3v) is 8.21. The van der Waals surface area contributed by atoms with E-state index in [4.69, 9.17) is 23.2 Å². The van der Waals surface area contributed by atoms with Gasteiger partial charge in [-0.1, -0.05) is 28.4 Å². The predicted molar refractivity (Wildman–Crippen MR) is 157 cm³/mol. The van der Waals surface area contributed by atoms with E-state index in [0.29, 0.717) is 44.6 Å². The van der Waals surface area contributed by atoms with E-state index in [1.165, 1.54) is 18.3 Å². The highest BCUT2D eigenvalue weighted by atomic mass is 35.5. The molecule has 0 amide bonds. The van der Waals surface area contributed by atoms with Crippen molar-refractivity contribution in [3.8, 4) is 6.07 Å². The van der Waals surface area contributed by atoms with Gasteiger partial charge in [0.25, 0.3) is 0 Å². The van der Waals surface area contributed by atoms with E-state index in [0.717, 1.165) is 37.2 Å². The Morgan fingerprint density at radius 1 is 1.12 bits per heavy atom. The van der Waals surface area contributed by atoms with E-state index in [1.54, 1.807) is 23.5 Å². The normalized spacial score (nSPS) is 14.7. The van der Waals surface area contributed by atoms with Crippen molar-refractivity contribution < 1.29 is 4.39 Å². The van der Waals surface area contributed by atoms with Gasteiger partial charge in [0.2, 0.25) is 0 Å². The van der Waals surface area contributed by atoms with E-state index in [-0.39, 0.29) is 11.1 Å². The van der Waals surface area contributed by atoms with Crippen LogP contribution in [-0.4, -0.2) is 33.1 Å². The number of piperidine rings is 1. The standard InChI is InChI=1S/C28H23Cl2FN8S/c29-22-10-18(1-2-24(22)31)35-26-17(12-32)13-34-28-21(26)9-19(11-23(28)30)36-27(16-5-8-40-15-16)25-14-39(38-37-25)20-3-6-33-7-4-20/h1-2,5,8-11,13-15,20,27,33,36H,3-4,6-7H2,(H,34,35)/t27-/m0/s1. The van der Waals surface area contributed by atoms with Crippen molar-refractivity contribution in [3.63, 3.8) is 0 Å². The molecule has 3 N–H and O–H groups in total. The van der Waals surface area contributed by atoms with Gasteiger partial charge in [0.15, 0.2) is 0 Å². The Morgan fingerprint density at radius 3 is 2.70 bits per heavy atom. The smallest absolute Gasteiger partial charge is 0.141 e. The van der Waals surface area contributed by atoms with Crippen LogP contribution in [0.5, 0.6) is 0 Å². The number of fused-ring (bicyclic) bond motifs is 1. The van der Waals surface area contributed by atoms with Crippen molar-refractivity contribution in [2.75, 3.05) is 23.7 Å². The number of thiophene rings is 1. The second-order valence-corrected chi connectivity index (χ2v) is 11.1. The second kappa shape index (κ2) is 11.4. The summed E-state index contributed by atoms with van der Waals surface area (Å²) in [6.45, 7) is 1.92. The number of rotatable bonds is 7. The number of benzene rings is 2. The molecule has 1 atom stereocenters. The summed E-state index contributed by atoms with van der Waals surface area (Å²) in [5.74, 6) is -0.529. The summed E-state index contributed by atoms with van der Waals surface area (Å²) in [7, 11) is 0. The highest BCUT2D eigenvalue weighted by Gasteiger charge is 2.23. The lowest BCUT2D eigenvalue weighted by Crippen LogP contribution is -2.29. The molecule has 6 rings (SSSR count). The van der Waals surface area contributed by atoms with Gasteiger partial charge < -0.3 is 16.0 Å². The number of pyridine rings is 1. The van der Waals surface area contributed by atoms with E-state index < -0.39 is 5.82 Å². The molecule has 1 fully saturated rings. The van der Waals surface area contributed by atoms with E-state index in [9.17, 15) is 9.65 Å². The van der Waals surface area contributed by atoms with Crippen LogP contribution >= 0.6 is 34.5 Å². The number of nitrogens with zero attached hydrogens (tertiary/aromatic N) is 5. The first-order valence-electron chi connectivity index (χ1n) is 12.7. The molecule has 0 saturated carbocycles. The highest BCUT2D eigenvalue weighted by molar-refractivity contribution is 7.08. The molecule has 0 unspecified atom stereocenters. The highest BCUT2D eigenvalue weighted by Crippen LogP contribution is 2.37. The number of hydrogen-bond donors (Lipinski definition) is 3. The molecule has 4 heterocycles. The molecule has 202 valence electrons. The van der Waals surface area contributed by atoms with Crippen LogP contribution in [0, 0.1) is 17.1 Å². The van der Waals surface area contributed by atoms with Gasteiger partial charge in [0.1, 0.15) is 17.6 Å². The van der Waals surface area contributed by atoms with Crippen LogP contribution in [0.2, 0.25) is 10.0 Å². The number of hydrogen-bond acceptors (Lipinski definition) is 8. The minimum absolute atomic E-state index is 0.0293. The Balaban J connectivity index is 1.39. The minimum Gasteiger partial charge on any atom is -0.373 e. The number of nitriles is 1. The molecule has 5 aromatic rings. The summed E-state index contributed by atoms with van der Waals surface area (Å²) >= 11 is 14.3. The van der Waals surface area contributed by atoms with Gasteiger partial charge in [-0.15, -0.1) is 5.10 Å². The molecule has 8 nitrogen and oxygen atoms in total. The molecule has 0 spiro atoms. The lowest BCUT2D eigenvalue weighted by Gasteiger charge is -2.22. The topological polar surface area (TPSA) is 103 Å². The fraction of sp³-hybridized carbons (Fsp3) is 0.214. The molecule has 0 aliphatic carbocycles. The third kappa shape index (κ3) is 5.33. The zero-order chi connectivity index (χ0) is 27.6. The monoisotopic (exact) mass is 592 g/mol. The Bertz CT molecular complexity index is 1710. The van der Waals surface area contributed by atoms with Crippen molar-refractivity contribution >= 4 is 62.5 Å². The minimum atomic E-state index is -0.529. The largest absolute Gasteiger partial charge is 0.373 e. The summed E-state index contributed by atoms with van der Waals surface area (Å²) in [5.41, 5.74) is 4.38. The van der Waals surface area contributed by atoms with Crippen molar-refractivity contribution in [1.29, 1.82) is 5.26 Å². The van der Waals surface area contributed by atoms with Gasteiger partial charge in [0, 0.05) is 23.0 Å². The molecular weight excluding hydrogens is 570 g/mol. The van der Waals surface area contributed by atoms with Gasteiger partial charge in [-0.25, -0.2) is 9.07 Å². The maximum Gasteiger partial charge on any atom is 0.141 e. The van der Waals surface area contributed by atoms with Crippen molar-refractivity contribution in [3.05, 3.63) is 92.2 Å². The van der Waals surface area contributed by atoms with Crippen LogP contribution in [0.1, 0.15) is 41.7 Å². The third-order valence-electron chi connectivity index (χ3n) is 6.93. The van der Waals surface area contributed by atoms with E-state index in [1.807, 2.05) is 22.3 Å². The molecule has 1 aliphatic rings. The summed E-state index contributed by atoms with van der Waals surface area (Å²) in [6, 6.07) is 12.2. The van der Waals surface area contributed by atoms with Crippen molar-refractivity contribution in [2.45, 2.75) is 24.9 Å². The molecule has 1 saturated heterocycles. The maximum atomic E-state index is 13.8. The Kier molecular flexibility index (Phi) is 7.54. The van der Waals surface area contributed by atoms with Crippen molar-refractivity contribution in [2.24, 2.45) is 0 Å². The van der Waals surface area contributed by atoms with Gasteiger partial charge in [-0.3, -0.25) is 4.98 Å². The van der Waals surface area contributed by atoms with Crippen LogP contribution < -0.4 is 16.0 Å². The molecule has 3 aromatic heterocycles. The zero-order valence-corrected chi connectivity index (χ0v) is 23.4. The number of anilines is 3. The maximum absolute atomic E-state index is 13.8. The molecule has 0 bridgehead atoms. The SMILES string of the molecule is N#Cc1cnc2c(Cl)cc(N[C@@H](c3ccsc3)c3cn(C4CCNCC4)nn3)cc2c1Nc1ccc(F)c(Cl)c1. The Hall–Kier alpha value is -3.75. The number of nitrogens with one attached hydrogen (secondary N) is 3. The lowest BCUT2D eigenvalue weighted by molar-refractivity contribution is 0.337. The lowest BCUT2D eigenvalue weighted by atomic mass is 10.0. The first-order chi connectivity index (χ1) is 19.5. The Morgan fingerprint density at radius 2 is 1.95 bits per heavy atom. The zero-order valence-electron chi connectivity index (χ0n) is 21.0. The fourth-order valence-electron chi connectivity index (χ4n) is 4.89. The predicted octanol–water partition coefficient (Wildman–Crippen LogP) is 7.07. The number of aromatic nitrogens is 4. The average Bonchev–Trinajstić information content (AvgIpc) is 3.68. The van der Waals surface area contributed by atoms with E-state index >= 15 is 0 Å². The number of halogens is 3. The van der Waals surface area contributed by atoms with Crippen LogP contribution in [0.25, 0.3) is 10.9 Å². The summed E-state index contributed by atoms with van der Waals surface area (Å²) in [4.78, 5) is 4.43. The molecular formula is C28H23Cl2FN8S. The van der Waals surface area contributed by atoms with Crippen LogP contribution in [0.3, 0.4) is 0 Å². The quantitative estimate of drug-likeness (QED) is 0.185. The van der Waals surface area contributed by atoms with E-state index in [2.05, 4.69) is 48.8 Å². The second-order valence-electron chi connectivity index (χ2n) is 9.51. The molecule has 0 radical (unpaired) electrons. The van der Waals surface area contributed by atoms with Crippen molar-refractivity contribution in [1.82, 2.24) is 25.3 Å². The van der Waals surface area contributed by atoms with Gasteiger partial charge >= 0.3 is 0 Å².